The van der Waals surface area contributed by atoms with Gasteiger partial charge in [0.15, 0.2) is 0 Å². The molecule has 1 saturated heterocycles. The fourth-order valence-corrected chi connectivity index (χ4v) is 3.92. The molecule has 3 heteroatoms. The molecule has 0 radical (unpaired) electrons. The molecule has 1 aromatic carbocycles. The predicted octanol–water partition coefficient (Wildman–Crippen LogP) is 1.78. The molecule has 3 N–H and O–H groups in total. The molecule has 1 saturated carbocycles. The Morgan fingerprint density at radius 2 is 2.00 bits per heavy atom. The Kier molecular flexibility index (Phi) is 3.87. The maximum atomic E-state index is 10.0. The maximum absolute atomic E-state index is 10.0. The Labute approximate surface area is 115 Å². The summed E-state index contributed by atoms with van der Waals surface area (Å²) in [5.41, 5.74) is 7.16. The summed E-state index contributed by atoms with van der Waals surface area (Å²) in [5, 5.41) is 10.0. The van der Waals surface area contributed by atoms with Gasteiger partial charge in [0, 0.05) is 25.0 Å². The Hall–Kier alpha value is -0.900. The van der Waals surface area contributed by atoms with Gasteiger partial charge in [-0.1, -0.05) is 30.3 Å². The van der Waals surface area contributed by atoms with Crippen LogP contribution >= 0.6 is 0 Å². The molecule has 19 heavy (non-hydrogen) atoms. The van der Waals surface area contributed by atoms with E-state index < -0.39 is 0 Å². The van der Waals surface area contributed by atoms with E-state index in [9.17, 15) is 5.11 Å². The monoisotopic (exact) mass is 260 g/mol. The average Bonchev–Trinajstić information content (AvgIpc) is 3.00. The lowest BCUT2D eigenvalue weighted by Crippen LogP contribution is -2.30. The van der Waals surface area contributed by atoms with Gasteiger partial charge < -0.3 is 10.8 Å². The zero-order chi connectivity index (χ0) is 13.2. The van der Waals surface area contributed by atoms with E-state index in [4.69, 9.17) is 5.73 Å². The van der Waals surface area contributed by atoms with Gasteiger partial charge in [-0.3, -0.25) is 4.90 Å². The van der Waals surface area contributed by atoms with Crippen molar-refractivity contribution in [2.75, 3.05) is 19.6 Å². The highest BCUT2D eigenvalue weighted by Gasteiger charge is 2.43. The topological polar surface area (TPSA) is 49.5 Å². The van der Waals surface area contributed by atoms with Crippen molar-refractivity contribution < 1.29 is 5.11 Å². The molecule has 3 rings (SSSR count). The van der Waals surface area contributed by atoms with Crippen LogP contribution in [0.2, 0.25) is 0 Å². The van der Waals surface area contributed by atoms with Crippen molar-refractivity contribution in [1.82, 2.24) is 4.90 Å². The smallest absolute Gasteiger partial charge is 0.0583 e. The molecule has 1 aromatic rings. The number of aliphatic hydroxyl groups is 1. The van der Waals surface area contributed by atoms with Crippen LogP contribution in [0.15, 0.2) is 30.3 Å². The molecule has 1 aliphatic heterocycles. The van der Waals surface area contributed by atoms with Crippen molar-refractivity contribution in [3.8, 4) is 0 Å². The molecule has 4 atom stereocenters. The number of likely N-dealkylation sites (tertiary alicyclic amines) is 1. The number of nitrogens with zero attached hydrogens (tertiary/aromatic N) is 1. The normalized spacial score (nSPS) is 32.4. The van der Waals surface area contributed by atoms with Gasteiger partial charge in [0.2, 0.25) is 0 Å². The van der Waals surface area contributed by atoms with Crippen LogP contribution in [0.5, 0.6) is 0 Å². The highest BCUT2D eigenvalue weighted by atomic mass is 16.3. The summed E-state index contributed by atoms with van der Waals surface area (Å²) in [6.07, 6.45) is 3.10. The third-order valence-electron chi connectivity index (χ3n) is 4.91. The lowest BCUT2D eigenvalue weighted by Gasteiger charge is -2.29. The summed E-state index contributed by atoms with van der Waals surface area (Å²) >= 11 is 0. The van der Waals surface area contributed by atoms with Crippen molar-refractivity contribution in [2.24, 2.45) is 17.6 Å². The van der Waals surface area contributed by atoms with Gasteiger partial charge in [0.05, 0.1) is 6.10 Å². The first-order chi connectivity index (χ1) is 9.29. The van der Waals surface area contributed by atoms with E-state index in [-0.39, 0.29) is 6.10 Å². The highest BCUT2D eigenvalue weighted by Crippen LogP contribution is 2.41. The second-order valence-corrected chi connectivity index (χ2v) is 6.03. The maximum Gasteiger partial charge on any atom is 0.0583 e. The second kappa shape index (κ2) is 5.61. The van der Waals surface area contributed by atoms with Crippen LogP contribution < -0.4 is 5.73 Å². The van der Waals surface area contributed by atoms with Gasteiger partial charge >= 0.3 is 0 Å². The second-order valence-electron chi connectivity index (χ2n) is 6.03. The molecule has 104 valence electrons. The predicted molar refractivity (Wildman–Crippen MR) is 76.6 cm³/mol. The van der Waals surface area contributed by atoms with Crippen LogP contribution in [0, 0.1) is 11.8 Å². The molecule has 2 fully saturated rings. The van der Waals surface area contributed by atoms with Crippen molar-refractivity contribution in [3.63, 3.8) is 0 Å². The summed E-state index contributed by atoms with van der Waals surface area (Å²) in [6, 6.07) is 11.1. The SMILES string of the molecule is NCCC(c1ccccc1)N1CC2CCC(O)C2C1. The molecular weight excluding hydrogens is 236 g/mol. The van der Waals surface area contributed by atoms with Crippen LogP contribution in [0.25, 0.3) is 0 Å². The molecule has 0 spiro atoms. The van der Waals surface area contributed by atoms with E-state index in [0.717, 1.165) is 25.9 Å². The van der Waals surface area contributed by atoms with Gasteiger partial charge in [-0.25, -0.2) is 0 Å². The van der Waals surface area contributed by atoms with E-state index in [0.29, 0.717) is 24.4 Å². The average molecular weight is 260 g/mol. The quantitative estimate of drug-likeness (QED) is 0.867. The summed E-state index contributed by atoms with van der Waals surface area (Å²) in [7, 11) is 0. The van der Waals surface area contributed by atoms with E-state index in [2.05, 4.69) is 35.2 Å². The number of fused-ring (bicyclic) bond motifs is 1. The van der Waals surface area contributed by atoms with Crippen molar-refractivity contribution in [3.05, 3.63) is 35.9 Å². The Morgan fingerprint density at radius 1 is 1.21 bits per heavy atom. The molecule has 2 aliphatic rings. The van der Waals surface area contributed by atoms with Crippen molar-refractivity contribution in [2.45, 2.75) is 31.4 Å². The molecule has 4 unspecified atom stereocenters. The van der Waals surface area contributed by atoms with E-state index >= 15 is 0 Å². The Balaban J connectivity index is 1.75. The summed E-state index contributed by atoms with van der Waals surface area (Å²) in [5.74, 6) is 1.18. The van der Waals surface area contributed by atoms with Crippen LogP contribution in [-0.4, -0.2) is 35.7 Å². The fourth-order valence-electron chi connectivity index (χ4n) is 3.92. The number of benzene rings is 1. The van der Waals surface area contributed by atoms with Crippen LogP contribution in [0.4, 0.5) is 0 Å². The van der Waals surface area contributed by atoms with E-state index in [1.165, 1.54) is 12.0 Å². The molecule has 0 aromatic heterocycles. The summed E-state index contributed by atoms with van der Waals surface area (Å²) in [6.45, 7) is 2.88. The van der Waals surface area contributed by atoms with Gasteiger partial charge in [-0.2, -0.15) is 0 Å². The van der Waals surface area contributed by atoms with Gasteiger partial charge in [-0.05, 0) is 37.3 Å². The zero-order valence-electron chi connectivity index (χ0n) is 11.4. The van der Waals surface area contributed by atoms with E-state index in [1.807, 2.05) is 0 Å². The minimum Gasteiger partial charge on any atom is -0.393 e. The summed E-state index contributed by atoms with van der Waals surface area (Å²) < 4.78 is 0. The minimum atomic E-state index is -0.0794. The zero-order valence-corrected chi connectivity index (χ0v) is 11.4. The van der Waals surface area contributed by atoms with Crippen LogP contribution in [0.3, 0.4) is 0 Å². The number of hydrogen-bond acceptors (Lipinski definition) is 3. The minimum absolute atomic E-state index is 0.0794. The van der Waals surface area contributed by atoms with Crippen LogP contribution in [-0.2, 0) is 0 Å². The van der Waals surface area contributed by atoms with Crippen molar-refractivity contribution >= 4 is 0 Å². The molecule has 3 nitrogen and oxygen atoms in total. The largest absolute Gasteiger partial charge is 0.393 e. The number of hydrogen-bond donors (Lipinski definition) is 2. The Bertz CT molecular complexity index is 408. The molecule has 0 amide bonds. The summed E-state index contributed by atoms with van der Waals surface area (Å²) in [4.78, 5) is 2.54. The Morgan fingerprint density at radius 3 is 2.68 bits per heavy atom. The first-order valence-electron chi connectivity index (χ1n) is 7.46. The number of rotatable bonds is 4. The molecule has 1 aliphatic carbocycles. The van der Waals surface area contributed by atoms with Crippen molar-refractivity contribution in [1.29, 1.82) is 0 Å². The van der Waals surface area contributed by atoms with Gasteiger partial charge in [0.1, 0.15) is 0 Å². The molecular formula is C16H24N2O. The highest BCUT2D eigenvalue weighted by molar-refractivity contribution is 5.19. The fraction of sp³-hybridized carbons (Fsp3) is 0.625. The first-order valence-corrected chi connectivity index (χ1v) is 7.46. The van der Waals surface area contributed by atoms with Crippen LogP contribution in [0.1, 0.15) is 30.9 Å². The van der Waals surface area contributed by atoms with Gasteiger partial charge in [-0.15, -0.1) is 0 Å². The first kappa shape index (κ1) is 13.1. The lowest BCUT2D eigenvalue weighted by atomic mass is 9.99. The number of nitrogens with two attached hydrogens (primary N) is 1. The molecule has 0 bridgehead atoms. The standard InChI is InChI=1S/C16H24N2O/c17-9-8-15(12-4-2-1-3-5-12)18-10-13-6-7-16(19)14(13)11-18/h1-5,13-16,19H,6-11,17H2. The van der Waals surface area contributed by atoms with E-state index in [1.54, 1.807) is 0 Å². The molecule has 1 heterocycles. The third kappa shape index (κ3) is 2.55. The number of aliphatic hydroxyl groups excluding tert-OH is 1. The third-order valence-corrected chi connectivity index (χ3v) is 4.91. The van der Waals surface area contributed by atoms with Gasteiger partial charge in [0.25, 0.3) is 0 Å². The lowest BCUT2D eigenvalue weighted by molar-refractivity contribution is 0.117.